The van der Waals surface area contributed by atoms with Crippen LogP contribution in [0, 0.1) is 0 Å². The van der Waals surface area contributed by atoms with Crippen LogP contribution in [0.25, 0.3) is 0 Å². The Morgan fingerprint density at radius 3 is 2.80 bits per heavy atom. The van der Waals surface area contributed by atoms with Crippen molar-refractivity contribution in [1.82, 2.24) is 25.6 Å². The van der Waals surface area contributed by atoms with Gasteiger partial charge in [0, 0.05) is 6.54 Å². The highest BCUT2D eigenvalue weighted by Gasteiger charge is 2.06. The molecule has 0 fully saturated rings. The summed E-state index contributed by atoms with van der Waals surface area (Å²) >= 11 is 0. The second kappa shape index (κ2) is 7.71. The quantitative estimate of drug-likeness (QED) is 0.531. The second-order valence-electron chi connectivity index (χ2n) is 3.74. The van der Waals surface area contributed by atoms with Gasteiger partial charge in [0.15, 0.2) is 0 Å². The van der Waals surface area contributed by atoms with E-state index in [0.29, 0.717) is 5.69 Å². The second-order valence-corrected chi connectivity index (χ2v) is 3.74. The van der Waals surface area contributed by atoms with Crippen LogP contribution >= 0.6 is 0 Å². The van der Waals surface area contributed by atoms with E-state index in [9.17, 15) is 14.4 Å². The van der Waals surface area contributed by atoms with Crippen molar-refractivity contribution in [3.05, 3.63) is 11.9 Å². The van der Waals surface area contributed by atoms with Crippen LogP contribution in [0.15, 0.2) is 6.20 Å². The SMILES string of the molecule is COC(=O)CCNC(=O)NCc1cn(CC(=O)O)nn1. The fraction of sp³-hybridized carbons (Fsp3) is 0.500. The lowest BCUT2D eigenvalue weighted by Crippen LogP contribution is -2.36. The number of aromatic nitrogens is 3. The van der Waals surface area contributed by atoms with Gasteiger partial charge >= 0.3 is 18.0 Å². The third kappa shape index (κ3) is 5.80. The van der Waals surface area contributed by atoms with Crippen molar-refractivity contribution in [2.24, 2.45) is 0 Å². The number of carboxylic acids is 1. The number of aliphatic carboxylic acids is 1. The molecule has 0 unspecified atom stereocenters. The Kier molecular flexibility index (Phi) is 5.94. The van der Waals surface area contributed by atoms with E-state index in [-0.39, 0.29) is 26.1 Å². The van der Waals surface area contributed by atoms with Gasteiger partial charge in [0.1, 0.15) is 12.2 Å². The molecule has 0 aliphatic rings. The topological polar surface area (TPSA) is 135 Å². The first-order chi connectivity index (χ1) is 9.51. The Labute approximate surface area is 114 Å². The minimum atomic E-state index is -1.03. The number of hydrogen-bond acceptors (Lipinski definition) is 6. The molecule has 1 aromatic rings. The molecule has 1 heterocycles. The van der Waals surface area contributed by atoms with Gasteiger partial charge in [0.2, 0.25) is 0 Å². The maximum absolute atomic E-state index is 11.3. The summed E-state index contributed by atoms with van der Waals surface area (Å²) in [6.45, 7) is -0.0355. The Bertz CT molecular complexity index is 486. The summed E-state index contributed by atoms with van der Waals surface area (Å²) in [4.78, 5) is 32.6. The molecule has 110 valence electrons. The summed E-state index contributed by atoms with van der Waals surface area (Å²) in [5.41, 5.74) is 0.425. The molecule has 0 aliphatic carbocycles. The number of esters is 1. The van der Waals surface area contributed by atoms with Crippen LogP contribution in [0.1, 0.15) is 12.1 Å². The Hall–Kier alpha value is -2.65. The van der Waals surface area contributed by atoms with E-state index < -0.39 is 18.0 Å². The van der Waals surface area contributed by atoms with Gasteiger partial charge in [-0.1, -0.05) is 5.21 Å². The summed E-state index contributed by atoms with van der Waals surface area (Å²) in [6.07, 6.45) is 1.50. The van der Waals surface area contributed by atoms with Gasteiger partial charge < -0.3 is 20.5 Å². The van der Waals surface area contributed by atoms with E-state index >= 15 is 0 Å². The van der Waals surface area contributed by atoms with Crippen LogP contribution < -0.4 is 10.6 Å². The first-order valence-electron chi connectivity index (χ1n) is 5.70. The van der Waals surface area contributed by atoms with Crippen LogP contribution in [-0.2, 0) is 27.4 Å². The van der Waals surface area contributed by atoms with E-state index in [1.165, 1.54) is 13.3 Å². The van der Waals surface area contributed by atoms with Gasteiger partial charge in [0.05, 0.1) is 26.3 Å². The molecule has 0 saturated heterocycles. The lowest BCUT2D eigenvalue weighted by Gasteiger charge is -2.05. The number of methoxy groups -OCH3 is 1. The molecule has 0 atom stereocenters. The number of ether oxygens (including phenoxy) is 1. The predicted molar refractivity (Wildman–Crippen MR) is 64.5 cm³/mol. The highest BCUT2D eigenvalue weighted by atomic mass is 16.5. The molecule has 0 bridgehead atoms. The van der Waals surface area contributed by atoms with Gasteiger partial charge in [-0.3, -0.25) is 9.59 Å². The lowest BCUT2D eigenvalue weighted by atomic mass is 10.4. The zero-order valence-corrected chi connectivity index (χ0v) is 10.8. The van der Waals surface area contributed by atoms with Crippen molar-refractivity contribution in [1.29, 1.82) is 0 Å². The lowest BCUT2D eigenvalue weighted by molar-refractivity contribution is -0.140. The Morgan fingerprint density at radius 1 is 1.40 bits per heavy atom. The highest BCUT2D eigenvalue weighted by Crippen LogP contribution is 1.92. The first-order valence-corrected chi connectivity index (χ1v) is 5.70. The number of hydrogen-bond donors (Lipinski definition) is 3. The molecule has 0 aliphatic heterocycles. The number of nitrogens with one attached hydrogen (secondary N) is 2. The summed E-state index contributed by atoms with van der Waals surface area (Å²) in [5, 5.41) is 20.8. The van der Waals surface area contributed by atoms with E-state index in [4.69, 9.17) is 5.11 Å². The number of urea groups is 1. The average Bonchev–Trinajstić information content (AvgIpc) is 2.83. The van der Waals surface area contributed by atoms with Crippen molar-refractivity contribution in [3.8, 4) is 0 Å². The number of carboxylic acid groups (broad SMARTS) is 1. The minimum absolute atomic E-state index is 0.0821. The monoisotopic (exact) mass is 285 g/mol. The molecule has 2 amide bonds. The standard InChI is InChI=1S/C10H15N5O5/c1-20-9(18)2-3-11-10(19)12-4-7-5-15(14-13-7)6-8(16)17/h5H,2-4,6H2,1H3,(H,16,17)(H2,11,12,19). The van der Waals surface area contributed by atoms with E-state index in [2.05, 4.69) is 25.7 Å². The zero-order chi connectivity index (χ0) is 15.0. The maximum Gasteiger partial charge on any atom is 0.325 e. The number of carbonyl (C=O) groups excluding carboxylic acids is 2. The molecular weight excluding hydrogens is 270 g/mol. The highest BCUT2D eigenvalue weighted by molar-refractivity contribution is 5.75. The smallest absolute Gasteiger partial charge is 0.325 e. The normalized spacial score (nSPS) is 9.85. The molecule has 20 heavy (non-hydrogen) atoms. The molecule has 10 nitrogen and oxygen atoms in total. The van der Waals surface area contributed by atoms with Crippen molar-refractivity contribution < 1.29 is 24.2 Å². The van der Waals surface area contributed by atoms with Crippen LogP contribution in [0.2, 0.25) is 0 Å². The van der Waals surface area contributed by atoms with Crippen LogP contribution in [-0.4, -0.2) is 51.7 Å². The van der Waals surface area contributed by atoms with E-state index in [1.54, 1.807) is 0 Å². The third-order valence-electron chi connectivity index (χ3n) is 2.16. The van der Waals surface area contributed by atoms with Gasteiger partial charge in [0.25, 0.3) is 0 Å². The van der Waals surface area contributed by atoms with Crippen molar-refractivity contribution in [3.63, 3.8) is 0 Å². The van der Waals surface area contributed by atoms with E-state index in [0.717, 1.165) is 4.68 Å². The zero-order valence-electron chi connectivity index (χ0n) is 10.8. The Morgan fingerprint density at radius 2 is 2.15 bits per heavy atom. The maximum atomic E-state index is 11.3. The number of rotatable bonds is 7. The molecule has 0 spiro atoms. The largest absolute Gasteiger partial charge is 0.480 e. The summed E-state index contributed by atoms with van der Waals surface area (Å²) < 4.78 is 5.56. The molecule has 0 aromatic carbocycles. The summed E-state index contributed by atoms with van der Waals surface area (Å²) in [6, 6.07) is -0.471. The molecular formula is C10H15N5O5. The minimum Gasteiger partial charge on any atom is -0.480 e. The molecule has 10 heteroatoms. The van der Waals surface area contributed by atoms with Gasteiger partial charge in [-0.2, -0.15) is 0 Å². The fourth-order valence-electron chi connectivity index (χ4n) is 1.25. The molecule has 0 radical (unpaired) electrons. The van der Waals surface area contributed by atoms with E-state index in [1.807, 2.05) is 0 Å². The fourth-order valence-corrected chi connectivity index (χ4v) is 1.25. The van der Waals surface area contributed by atoms with Gasteiger partial charge in [-0.05, 0) is 0 Å². The average molecular weight is 285 g/mol. The molecule has 3 N–H and O–H groups in total. The number of nitrogens with zero attached hydrogens (tertiary/aromatic N) is 3. The van der Waals surface area contributed by atoms with Crippen LogP contribution in [0.5, 0.6) is 0 Å². The molecule has 0 saturated carbocycles. The molecule has 1 rings (SSSR count). The summed E-state index contributed by atoms with van der Waals surface area (Å²) in [7, 11) is 1.27. The van der Waals surface area contributed by atoms with Crippen LogP contribution in [0.3, 0.4) is 0 Å². The predicted octanol–water partition coefficient (Wildman–Crippen LogP) is -1.27. The van der Waals surface area contributed by atoms with Gasteiger partial charge in [-0.25, -0.2) is 9.48 Å². The van der Waals surface area contributed by atoms with Crippen LogP contribution in [0.4, 0.5) is 4.79 Å². The number of carbonyl (C=O) groups is 3. The first kappa shape index (κ1) is 15.4. The van der Waals surface area contributed by atoms with Crippen molar-refractivity contribution >= 4 is 18.0 Å². The Balaban J connectivity index is 2.25. The van der Waals surface area contributed by atoms with Crippen molar-refractivity contribution in [2.75, 3.05) is 13.7 Å². The number of amides is 2. The summed E-state index contributed by atoms with van der Waals surface area (Å²) in [5.74, 6) is -1.45. The third-order valence-corrected chi connectivity index (χ3v) is 2.16. The van der Waals surface area contributed by atoms with Gasteiger partial charge in [-0.15, -0.1) is 5.10 Å². The van der Waals surface area contributed by atoms with Crippen molar-refractivity contribution in [2.45, 2.75) is 19.5 Å². The molecule has 1 aromatic heterocycles.